The molecule has 0 heterocycles. The molecule has 0 aliphatic carbocycles. The van der Waals surface area contributed by atoms with Crippen LogP contribution >= 0.6 is 0 Å². The lowest BCUT2D eigenvalue weighted by Gasteiger charge is -1.97. The first kappa shape index (κ1) is 8.23. The zero-order chi connectivity index (χ0) is 8.48. The summed E-state index contributed by atoms with van der Waals surface area (Å²) in [5, 5.41) is 4.90. The first-order valence-electron chi connectivity index (χ1n) is 3.09. The van der Waals surface area contributed by atoms with Crippen molar-refractivity contribution in [3.8, 4) is 0 Å². The highest BCUT2D eigenvalue weighted by Gasteiger charge is 2.05. The van der Waals surface area contributed by atoms with Crippen LogP contribution in [0, 0.1) is 6.92 Å². The Morgan fingerprint density at radius 1 is 1.36 bits per heavy atom. The van der Waals surface area contributed by atoms with Gasteiger partial charge < -0.3 is 0 Å². The van der Waals surface area contributed by atoms with Crippen molar-refractivity contribution in [3.63, 3.8) is 0 Å². The Kier molecular flexibility index (Phi) is 1.97. The maximum Gasteiger partial charge on any atom is 0.238 e. The second-order valence-corrected chi connectivity index (χ2v) is 3.92. The third-order valence-electron chi connectivity index (χ3n) is 1.32. The molecule has 60 valence electrons. The molecule has 0 saturated carbocycles. The van der Waals surface area contributed by atoms with E-state index in [9.17, 15) is 8.42 Å². The second kappa shape index (κ2) is 2.64. The largest absolute Gasteiger partial charge is 0.238 e. The highest BCUT2D eigenvalue weighted by Crippen LogP contribution is 2.07. The van der Waals surface area contributed by atoms with E-state index in [1.54, 1.807) is 6.07 Å². The molecule has 3 nitrogen and oxygen atoms in total. The molecule has 0 radical (unpaired) electrons. The fourth-order valence-corrected chi connectivity index (χ4v) is 1.41. The molecule has 0 aromatic heterocycles. The first-order chi connectivity index (χ1) is 5.00. The number of benzene rings is 1. The molecular weight excluding hydrogens is 162 g/mol. The van der Waals surface area contributed by atoms with E-state index < -0.39 is 10.0 Å². The number of hydrogen-bond donors (Lipinski definition) is 1. The topological polar surface area (TPSA) is 60.2 Å². The van der Waals surface area contributed by atoms with Gasteiger partial charge in [0.15, 0.2) is 0 Å². The van der Waals surface area contributed by atoms with Gasteiger partial charge in [-0.3, -0.25) is 0 Å². The monoisotopic (exact) mass is 171 g/mol. The summed E-state index contributed by atoms with van der Waals surface area (Å²) in [7, 11) is -3.53. The minimum atomic E-state index is -3.53. The molecule has 0 amide bonds. The van der Waals surface area contributed by atoms with E-state index in [1.807, 2.05) is 13.0 Å². The van der Waals surface area contributed by atoms with Crippen LogP contribution in [0.15, 0.2) is 29.2 Å². The van der Waals surface area contributed by atoms with Gasteiger partial charge in [-0.05, 0) is 24.6 Å². The van der Waals surface area contributed by atoms with E-state index in [0.29, 0.717) is 0 Å². The van der Waals surface area contributed by atoms with Crippen LogP contribution in [-0.2, 0) is 10.0 Å². The summed E-state index contributed by atoms with van der Waals surface area (Å²) < 4.78 is 21.5. The fourth-order valence-electron chi connectivity index (χ4n) is 0.792. The number of primary sulfonamides is 1. The Morgan fingerprint density at radius 2 is 2.00 bits per heavy atom. The number of aryl methyl sites for hydroxylation is 1. The zero-order valence-electron chi connectivity index (χ0n) is 6.11. The van der Waals surface area contributed by atoms with Crippen molar-refractivity contribution in [2.75, 3.05) is 0 Å². The fraction of sp³-hybridized carbons (Fsp3) is 0.143. The molecule has 0 saturated heterocycles. The van der Waals surface area contributed by atoms with Gasteiger partial charge in [-0.15, -0.1) is 0 Å². The van der Waals surface area contributed by atoms with Gasteiger partial charge in [-0.1, -0.05) is 12.1 Å². The summed E-state index contributed by atoms with van der Waals surface area (Å²) in [4.78, 5) is 0.164. The molecule has 4 heteroatoms. The summed E-state index contributed by atoms with van der Waals surface area (Å²) in [6.07, 6.45) is 0. The van der Waals surface area contributed by atoms with Crippen molar-refractivity contribution in [1.29, 1.82) is 0 Å². The maximum absolute atomic E-state index is 10.8. The van der Waals surface area contributed by atoms with Crippen molar-refractivity contribution in [2.24, 2.45) is 5.14 Å². The molecule has 1 rings (SSSR count). The van der Waals surface area contributed by atoms with E-state index in [-0.39, 0.29) is 4.90 Å². The summed E-state index contributed by atoms with van der Waals surface area (Å²) in [5.41, 5.74) is 0.886. The average Bonchev–Trinajstić information content (AvgIpc) is 1.86. The van der Waals surface area contributed by atoms with Gasteiger partial charge in [0.1, 0.15) is 0 Å². The zero-order valence-corrected chi connectivity index (χ0v) is 6.93. The molecule has 0 bridgehead atoms. The number of hydrogen-bond acceptors (Lipinski definition) is 2. The Bertz CT molecular complexity index is 356. The van der Waals surface area contributed by atoms with Gasteiger partial charge in [0.05, 0.1) is 4.90 Å². The van der Waals surface area contributed by atoms with Crippen molar-refractivity contribution in [1.82, 2.24) is 0 Å². The highest BCUT2D eigenvalue weighted by atomic mass is 32.2. The Hall–Kier alpha value is -0.870. The minimum absolute atomic E-state index is 0.164. The molecule has 1 aromatic carbocycles. The first-order valence-corrected chi connectivity index (χ1v) is 4.64. The van der Waals surface area contributed by atoms with Crippen molar-refractivity contribution < 1.29 is 8.42 Å². The Morgan fingerprint density at radius 3 is 2.36 bits per heavy atom. The Balaban J connectivity index is 3.28. The lowest BCUT2D eigenvalue weighted by molar-refractivity contribution is 0.597. The molecule has 0 aliphatic heterocycles. The predicted octanol–water partition coefficient (Wildman–Crippen LogP) is 0.642. The third kappa shape index (κ3) is 2.03. The summed E-state index contributed by atoms with van der Waals surface area (Å²) in [5.74, 6) is 0. The van der Waals surface area contributed by atoms with Gasteiger partial charge in [-0.2, -0.15) is 0 Å². The van der Waals surface area contributed by atoms with Crippen LogP contribution in [0.2, 0.25) is 0 Å². The lowest BCUT2D eigenvalue weighted by atomic mass is 10.2. The van der Waals surface area contributed by atoms with E-state index >= 15 is 0 Å². The van der Waals surface area contributed by atoms with Crippen LogP contribution in [0.4, 0.5) is 0 Å². The molecule has 1 aromatic rings. The van der Waals surface area contributed by atoms with Crippen molar-refractivity contribution in [2.45, 2.75) is 11.8 Å². The van der Waals surface area contributed by atoms with E-state index in [4.69, 9.17) is 5.14 Å². The molecule has 0 spiro atoms. The van der Waals surface area contributed by atoms with Crippen LogP contribution in [0.5, 0.6) is 0 Å². The van der Waals surface area contributed by atoms with Gasteiger partial charge >= 0.3 is 0 Å². The van der Waals surface area contributed by atoms with E-state index in [2.05, 4.69) is 0 Å². The van der Waals surface area contributed by atoms with E-state index in [1.165, 1.54) is 12.1 Å². The SMILES string of the molecule is Cc1cccc(S(N)(=O)=O)c1. The minimum Gasteiger partial charge on any atom is -0.225 e. The molecule has 0 unspecified atom stereocenters. The molecule has 11 heavy (non-hydrogen) atoms. The number of sulfonamides is 1. The third-order valence-corrected chi connectivity index (χ3v) is 2.23. The Labute approximate surface area is 65.9 Å². The van der Waals surface area contributed by atoms with E-state index in [0.717, 1.165) is 5.56 Å². The van der Waals surface area contributed by atoms with Crippen LogP contribution < -0.4 is 5.14 Å². The molecule has 2 N–H and O–H groups in total. The standard InChI is InChI=1S/C7H9NO2S/c1-6-3-2-4-7(5-6)11(8,9)10/h2-5H,1H3,(H2,8,9,10). The van der Waals surface area contributed by atoms with Crippen molar-refractivity contribution in [3.05, 3.63) is 29.8 Å². The van der Waals surface area contributed by atoms with Gasteiger partial charge in [0.25, 0.3) is 0 Å². The predicted molar refractivity (Wildman–Crippen MR) is 42.6 cm³/mol. The number of rotatable bonds is 1. The normalized spacial score (nSPS) is 11.5. The van der Waals surface area contributed by atoms with Crippen LogP contribution in [0.25, 0.3) is 0 Å². The number of nitrogens with two attached hydrogens (primary N) is 1. The average molecular weight is 171 g/mol. The molecular formula is C7H9NO2S. The van der Waals surface area contributed by atoms with Crippen molar-refractivity contribution >= 4 is 10.0 Å². The quantitative estimate of drug-likeness (QED) is 0.674. The summed E-state index contributed by atoms with van der Waals surface area (Å²) in [6.45, 7) is 1.81. The smallest absolute Gasteiger partial charge is 0.225 e. The highest BCUT2D eigenvalue weighted by molar-refractivity contribution is 7.89. The van der Waals surface area contributed by atoms with Gasteiger partial charge in [-0.25, -0.2) is 13.6 Å². The lowest BCUT2D eigenvalue weighted by Crippen LogP contribution is -2.11. The summed E-state index contributed by atoms with van der Waals surface area (Å²) in [6, 6.07) is 6.49. The van der Waals surface area contributed by atoms with Crippen LogP contribution in [0.1, 0.15) is 5.56 Å². The second-order valence-electron chi connectivity index (χ2n) is 2.36. The van der Waals surface area contributed by atoms with Gasteiger partial charge in [0, 0.05) is 0 Å². The van der Waals surface area contributed by atoms with Crippen LogP contribution in [0.3, 0.4) is 0 Å². The maximum atomic E-state index is 10.8. The molecule has 0 fully saturated rings. The molecule has 0 atom stereocenters. The van der Waals surface area contributed by atoms with Gasteiger partial charge in [0.2, 0.25) is 10.0 Å². The van der Waals surface area contributed by atoms with Crippen LogP contribution in [-0.4, -0.2) is 8.42 Å². The molecule has 0 aliphatic rings. The summed E-state index contributed by atoms with van der Waals surface area (Å²) >= 11 is 0.